The smallest absolute Gasteiger partial charge is 0.0758 e. The van der Waals surface area contributed by atoms with E-state index >= 15 is 0 Å². The van der Waals surface area contributed by atoms with E-state index in [0.29, 0.717) is 6.04 Å². The molecule has 0 aliphatic rings. The Labute approximate surface area is 137 Å². The number of hydrogen-bond acceptors (Lipinski definition) is 3. The molecule has 2 heterocycles. The van der Waals surface area contributed by atoms with Crippen molar-refractivity contribution in [2.75, 3.05) is 0 Å². The van der Waals surface area contributed by atoms with Gasteiger partial charge in [0.15, 0.2) is 0 Å². The van der Waals surface area contributed by atoms with Crippen LogP contribution in [0.2, 0.25) is 0 Å². The first-order valence-electron chi connectivity index (χ1n) is 6.96. The predicted molar refractivity (Wildman–Crippen MR) is 93.6 cm³/mol. The van der Waals surface area contributed by atoms with Gasteiger partial charge in [-0.1, -0.05) is 32.0 Å². The molecule has 5 heteroatoms. The molecule has 3 rings (SSSR count). The number of para-hydroxylation sites is 1. The number of halogens is 1. The number of nitrogens with zero attached hydrogens (tertiary/aromatic N) is 3. The molecular formula is C16H17IN4. The monoisotopic (exact) mass is 392 g/mol. The molecule has 3 aromatic rings. The molecule has 0 spiro atoms. The van der Waals surface area contributed by atoms with E-state index in [2.05, 4.69) is 59.0 Å². The fraction of sp³-hybridized carbons (Fsp3) is 0.250. The van der Waals surface area contributed by atoms with Gasteiger partial charge in [0.1, 0.15) is 0 Å². The topological polar surface area (TPSA) is 42.7 Å². The quantitative estimate of drug-likeness (QED) is 0.691. The van der Waals surface area contributed by atoms with E-state index in [9.17, 15) is 0 Å². The maximum Gasteiger partial charge on any atom is 0.0758 e. The number of aromatic nitrogens is 3. The number of rotatable bonds is 4. The molecule has 0 aliphatic heterocycles. The molecule has 0 fully saturated rings. The SMILES string of the molecule is CC(C)NCc1cc(-n2cc(I)cn2)c2ccccc2n1. The van der Waals surface area contributed by atoms with E-state index in [4.69, 9.17) is 4.98 Å². The third-order valence-electron chi connectivity index (χ3n) is 3.24. The Morgan fingerprint density at radius 2 is 2.10 bits per heavy atom. The zero-order valence-corrected chi connectivity index (χ0v) is 14.2. The van der Waals surface area contributed by atoms with E-state index in [-0.39, 0.29) is 0 Å². The number of nitrogens with one attached hydrogen (secondary N) is 1. The minimum atomic E-state index is 0.437. The van der Waals surface area contributed by atoms with Crippen LogP contribution in [0.4, 0.5) is 0 Å². The van der Waals surface area contributed by atoms with Crippen LogP contribution in [0.1, 0.15) is 19.5 Å². The van der Waals surface area contributed by atoms with Gasteiger partial charge in [0.05, 0.1) is 26.7 Å². The first-order valence-corrected chi connectivity index (χ1v) is 8.04. The highest BCUT2D eigenvalue weighted by atomic mass is 127. The van der Waals surface area contributed by atoms with Gasteiger partial charge in [-0.2, -0.15) is 5.10 Å². The summed E-state index contributed by atoms with van der Waals surface area (Å²) in [6.45, 7) is 5.03. The summed E-state index contributed by atoms with van der Waals surface area (Å²) in [5.41, 5.74) is 3.10. The maximum atomic E-state index is 4.73. The fourth-order valence-corrected chi connectivity index (χ4v) is 2.62. The normalized spacial score (nSPS) is 11.4. The Balaban J connectivity index is 2.11. The van der Waals surface area contributed by atoms with Crippen molar-refractivity contribution >= 4 is 33.5 Å². The maximum absolute atomic E-state index is 4.73. The molecular weight excluding hydrogens is 375 g/mol. The van der Waals surface area contributed by atoms with Gasteiger partial charge < -0.3 is 5.32 Å². The molecule has 0 bridgehead atoms. The summed E-state index contributed by atoms with van der Waals surface area (Å²) in [6, 6.07) is 10.7. The Morgan fingerprint density at radius 1 is 1.29 bits per heavy atom. The lowest BCUT2D eigenvalue weighted by Gasteiger charge is -2.12. The van der Waals surface area contributed by atoms with E-state index in [1.807, 2.05) is 35.3 Å². The molecule has 1 aromatic carbocycles. The van der Waals surface area contributed by atoms with Crippen molar-refractivity contribution in [3.05, 3.63) is 52.0 Å². The van der Waals surface area contributed by atoms with Crippen LogP contribution < -0.4 is 5.32 Å². The van der Waals surface area contributed by atoms with Crippen molar-refractivity contribution in [1.82, 2.24) is 20.1 Å². The minimum absolute atomic E-state index is 0.437. The first kappa shape index (κ1) is 14.5. The van der Waals surface area contributed by atoms with E-state index in [1.54, 1.807) is 0 Å². The number of benzene rings is 1. The van der Waals surface area contributed by atoms with E-state index in [1.165, 1.54) is 0 Å². The van der Waals surface area contributed by atoms with Crippen LogP contribution in [0.15, 0.2) is 42.7 Å². The molecule has 21 heavy (non-hydrogen) atoms. The Kier molecular flexibility index (Phi) is 4.21. The van der Waals surface area contributed by atoms with Crippen LogP contribution in [0, 0.1) is 3.57 Å². The van der Waals surface area contributed by atoms with Crippen molar-refractivity contribution in [2.45, 2.75) is 26.4 Å². The lowest BCUT2D eigenvalue weighted by molar-refractivity contribution is 0.582. The molecule has 108 valence electrons. The van der Waals surface area contributed by atoms with Gasteiger partial charge in [-0.25, -0.2) is 4.68 Å². The summed E-state index contributed by atoms with van der Waals surface area (Å²) < 4.78 is 3.04. The predicted octanol–water partition coefficient (Wildman–Crippen LogP) is 3.52. The molecule has 0 amide bonds. The van der Waals surface area contributed by atoms with E-state index < -0.39 is 0 Å². The molecule has 0 atom stereocenters. The lowest BCUT2D eigenvalue weighted by atomic mass is 10.1. The van der Waals surface area contributed by atoms with Crippen LogP contribution in [0.3, 0.4) is 0 Å². The second-order valence-corrected chi connectivity index (χ2v) is 6.53. The van der Waals surface area contributed by atoms with Gasteiger partial charge >= 0.3 is 0 Å². The van der Waals surface area contributed by atoms with Crippen molar-refractivity contribution in [1.29, 1.82) is 0 Å². The van der Waals surface area contributed by atoms with Gasteiger partial charge in [0.25, 0.3) is 0 Å². The van der Waals surface area contributed by atoms with Crippen LogP contribution >= 0.6 is 22.6 Å². The molecule has 4 nitrogen and oxygen atoms in total. The fourth-order valence-electron chi connectivity index (χ4n) is 2.23. The van der Waals surface area contributed by atoms with Crippen molar-refractivity contribution in [2.24, 2.45) is 0 Å². The summed E-state index contributed by atoms with van der Waals surface area (Å²) in [7, 11) is 0. The minimum Gasteiger partial charge on any atom is -0.309 e. The molecule has 0 radical (unpaired) electrons. The molecule has 2 aromatic heterocycles. The van der Waals surface area contributed by atoms with Gasteiger partial charge in [-0.05, 0) is 34.7 Å². The number of fused-ring (bicyclic) bond motifs is 1. The second-order valence-electron chi connectivity index (χ2n) is 5.29. The van der Waals surface area contributed by atoms with Gasteiger partial charge in [0.2, 0.25) is 0 Å². The summed E-state index contributed by atoms with van der Waals surface area (Å²) in [4.78, 5) is 4.73. The van der Waals surface area contributed by atoms with Crippen molar-refractivity contribution in [3.8, 4) is 5.69 Å². The zero-order valence-electron chi connectivity index (χ0n) is 12.0. The summed E-state index contributed by atoms with van der Waals surface area (Å²) in [5, 5.41) is 8.97. The Hall–Kier alpha value is -1.47. The van der Waals surface area contributed by atoms with Gasteiger partial charge in [0, 0.05) is 24.2 Å². The Morgan fingerprint density at radius 3 is 2.81 bits per heavy atom. The summed E-state index contributed by atoms with van der Waals surface area (Å²) in [5.74, 6) is 0. The molecule has 0 aliphatic carbocycles. The van der Waals surface area contributed by atoms with Crippen LogP contribution in [-0.2, 0) is 6.54 Å². The average molecular weight is 392 g/mol. The first-order chi connectivity index (χ1) is 10.1. The molecule has 0 saturated heterocycles. The molecule has 0 unspecified atom stereocenters. The van der Waals surface area contributed by atoms with Crippen molar-refractivity contribution < 1.29 is 0 Å². The van der Waals surface area contributed by atoms with Crippen LogP contribution in [0.25, 0.3) is 16.6 Å². The molecule has 1 N–H and O–H groups in total. The van der Waals surface area contributed by atoms with Crippen molar-refractivity contribution in [3.63, 3.8) is 0 Å². The standard InChI is InChI=1S/C16H17IN4/c1-11(2)18-9-13-7-16(21-10-12(17)8-19-21)14-5-3-4-6-15(14)20-13/h3-8,10-11,18H,9H2,1-2H3. The largest absolute Gasteiger partial charge is 0.309 e. The van der Waals surface area contributed by atoms with Crippen LogP contribution in [-0.4, -0.2) is 20.8 Å². The highest BCUT2D eigenvalue weighted by molar-refractivity contribution is 14.1. The second kappa shape index (κ2) is 6.11. The highest BCUT2D eigenvalue weighted by Gasteiger charge is 2.09. The number of pyridine rings is 1. The van der Waals surface area contributed by atoms with Gasteiger partial charge in [-0.3, -0.25) is 4.98 Å². The molecule has 0 saturated carbocycles. The summed E-state index contributed by atoms with van der Waals surface area (Å²) >= 11 is 2.27. The van der Waals surface area contributed by atoms with Gasteiger partial charge in [-0.15, -0.1) is 0 Å². The Bertz CT molecular complexity index is 764. The third kappa shape index (κ3) is 3.24. The number of hydrogen-bond donors (Lipinski definition) is 1. The lowest BCUT2D eigenvalue weighted by Crippen LogP contribution is -2.22. The summed E-state index contributed by atoms with van der Waals surface area (Å²) in [6.07, 6.45) is 3.89. The third-order valence-corrected chi connectivity index (χ3v) is 3.79. The van der Waals surface area contributed by atoms with Crippen LogP contribution in [0.5, 0.6) is 0 Å². The highest BCUT2D eigenvalue weighted by Crippen LogP contribution is 2.22. The average Bonchev–Trinajstić information content (AvgIpc) is 2.90. The zero-order chi connectivity index (χ0) is 14.8. The van der Waals surface area contributed by atoms with E-state index in [0.717, 1.165) is 32.4 Å².